The van der Waals surface area contributed by atoms with Crippen molar-refractivity contribution in [3.8, 4) is 5.75 Å². The molecule has 1 aromatic rings. The molecule has 0 amide bonds. The first-order valence-corrected chi connectivity index (χ1v) is 6.93. The van der Waals surface area contributed by atoms with E-state index in [1.54, 1.807) is 0 Å². The minimum Gasteiger partial charge on any atom is -0.492 e. The summed E-state index contributed by atoms with van der Waals surface area (Å²) >= 11 is 6.16. The van der Waals surface area contributed by atoms with Gasteiger partial charge in [0.25, 0.3) is 0 Å². The smallest absolute Gasteiger partial charge is 0.137 e. The van der Waals surface area contributed by atoms with E-state index in [9.17, 15) is 4.79 Å². The molecule has 0 unspecified atom stereocenters. The highest BCUT2D eigenvalue weighted by Gasteiger charge is 2.08. The van der Waals surface area contributed by atoms with Gasteiger partial charge in [-0.3, -0.25) is 0 Å². The van der Waals surface area contributed by atoms with Crippen LogP contribution in [0.15, 0.2) is 18.2 Å². The van der Waals surface area contributed by atoms with E-state index in [0.29, 0.717) is 29.7 Å². The van der Waals surface area contributed by atoms with Crippen LogP contribution in [-0.4, -0.2) is 12.9 Å². The zero-order valence-electron chi connectivity index (χ0n) is 11.1. The number of carbonyl (C=O) groups is 1. The topological polar surface area (TPSA) is 26.3 Å². The molecule has 0 aliphatic heterocycles. The summed E-state index contributed by atoms with van der Waals surface area (Å²) in [6.45, 7) is 4.81. The van der Waals surface area contributed by atoms with Gasteiger partial charge < -0.3 is 9.53 Å². The predicted octanol–water partition coefficient (Wildman–Crippen LogP) is 4.29. The van der Waals surface area contributed by atoms with Crippen molar-refractivity contribution in [2.45, 2.75) is 39.5 Å². The van der Waals surface area contributed by atoms with E-state index in [4.69, 9.17) is 16.3 Å². The van der Waals surface area contributed by atoms with Gasteiger partial charge in [0, 0.05) is 6.42 Å². The second kappa shape index (κ2) is 8.15. The Morgan fingerprint density at radius 1 is 1.33 bits per heavy atom. The highest BCUT2D eigenvalue weighted by Crippen LogP contribution is 2.27. The molecule has 0 spiro atoms. The second-order valence-corrected chi connectivity index (χ2v) is 4.86. The third kappa shape index (κ3) is 4.69. The number of hydrogen-bond acceptors (Lipinski definition) is 2. The highest BCUT2D eigenvalue weighted by molar-refractivity contribution is 6.32. The third-order valence-corrected chi connectivity index (χ3v) is 3.46. The van der Waals surface area contributed by atoms with Crippen LogP contribution in [0.3, 0.4) is 0 Å². The maximum absolute atomic E-state index is 10.2. The maximum Gasteiger partial charge on any atom is 0.137 e. The predicted molar refractivity (Wildman–Crippen MR) is 75.4 cm³/mol. The fraction of sp³-hybridized carbons (Fsp3) is 0.533. The van der Waals surface area contributed by atoms with Crippen molar-refractivity contribution < 1.29 is 9.53 Å². The average Bonchev–Trinajstić information content (AvgIpc) is 2.38. The lowest BCUT2D eigenvalue weighted by Crippen LogP contribution is -2.02. The van der Waals surface area contributed by atoms with E-state index in [2.05, 4.69) is 19.9 Å². The largest absolute Gasteiger partial charge is 0.492 e. The maximum atomic E-state index is 10.2. The van der Waals surface area contributed by atoms with Crippen LogP contribution in [0.1, 0.15) is 38.7 Å². The van der Waals surface area contributed by atoms with Gasteiger partial charge in [-0.15, -0.1) is 0 Å². The second-order valence-electron chi connectivity index (χ2n) is 4.46. The Hall–Kier alpha value is -1.02. The van der Waals surface area contributed by atoms with E-state index >= 15 is 0 Å². The molecule has 0 aliphatic carbocycles. The number of aldehydes is 1. The minimum absolute atomic E-state index is 0.384. The lowest BCUT2D eigenvalue weighted by atomic mass is 9.95. The van der Waals surface area contributed by atoms with Crippen molar-refractivity contribution in [1.82, 2.24) is 0 Å². The molecular formula is C15H21ClO2. The lowest BCUT2D eigenvalue weighted by Gasteiger charge is -2.13. The van der Waals surface area contributed by atoms with Crippen molar-refractivity contribution >= 4 is 17.9 Å². The standard InChI is InChI=1S/C15H21ClO2/c1-3-12(4-2)10-13-6-7-15(14(16)11-13)18-9-5-8-17/h6-8,11-12H,3-5,9-10H2,1-2H3. The molecule has 2 nitrogen and oxygen atoms in total. The summed E-state index contributed by atoms with van der Waals surface area (Å²) in [6.07, 6.45) is 4.67. The van der Waals surface area contributed by atoms with Crippen LogP contribution in [0, 0.1) is 5.92 Å². The highest BCUT2D eigenvalue weighted by atomic mass is 35.5. The van der Waals surface area contributed by atoms with Crippen LogP contribution in [0.2, 0.25) is 5.02 Å². The lowest BCUT2D eigenvalue weighted by molar-refractivity contribution is -0.108. The number of ether oxygens (including phenoxy) is 1. The van der Waals surface area contributed by atoms with Gasteiger partial charge in [0.15, 0.2) is 0 Å². The molecule has 0 N–H and O–H groups in total. The Morgan fingerprint density at radius 3 is 2.61 bits per heavy atom. The van der Waals surface area contributed by atoms with E-state index in [0.717, 1.165) is 12.7 Å². The first-order valence-electron chi connectivity index (χ1n) is 6.56. The molecule has 0 fully saturated rings. The summed E-state index contributed by atoms with van der Waals surface area (Å²) in [5, 5.41) is 0.629. The van der Waals surface area contributed by atoms with E-state index in [1.165, 1.54) is 18.4 Å². The third-order valence-electron chi connectivity index (χ3n) is 3.17. The van der Waals surface area contributed by atoms with Gasteiger partial charge >= 0.3 is 0 Å². The van der Waals surface area contributed by atoms with E-state index in [1.807, 2.05) is 12.1 Å². The molecule has 100 valence electrons. The van der Waals surface area contributed by atoms with Gasteiger partial charge in [-0.05, 0) is 30.0 Å². The van der Waals surface area contributed by atoms with Crippen LogP contribution in [0.25, 0.3) is 0 Å². The summed E-state index contributed by atoms with van der Waals surface area (Å²) in [6, 6.07) is 5.92. The van der Waals surface area contributed by atoms with Gasteiger partial charge in [0.1, 0.15) is 12.0 Å². The van der Waals surface area contributed by atoms with Gasteiger partial charge in [-0.2, -0.15) is 0 Å². The molecule has 1 rings (SSSR count). The summed E-state index contributed by atoms with van der Waals surface area (Å²) in [5.74, 6) is 1.37. The molecule has 0 saturated carbocycles. The molecule has 0 bridgehead atoms. The van der Waals surface area contributed by atoms with Crippen LogP contribution in [0.4, 0.5) is 0 Å². The monoisotopic (exact) mass is 268 g/mol. The molecule has 0 aromatic heterocycles. The van der Waals surface area contributed by atoms with Gasteiger partial charge in [-0.25, -0.2) is 0 Å². The van der Waals surface area contributed by atoms with E-state index < -0.39 is 0 Å². The normalized spacial score (nSPS) is 10.7. The fourth-order valence-electron chi connectivity index (χ4n) is 1.92. The Morgan fingerprint density at radius 2 is 2.06 bits per heavy atom. The molecule has 0 saturated heterocycles. The van der Waals surface area contributed by atoms with Crippen molar-refractivity contribution in [2.24, 2.45) is 5.92 Å². The number of rotatable bonds is 8. The van der Waals surface area contributed by atoms with Crippen molar-refractivity contribution in [1.29, 1.82) is 0 Å². The molecule has 0 atom stereocenters. The average molecular weight is 269 g/mol. The Labute approximate surface area is 114 Å². The molecule has 0 radical (unpaired) electrons. The molecule has 1 aromatic carbocycles. The van der Waals surface area contributed by atoms with Crippen LogP contribution in [0.5, 0.6) is 5.75 Å². The summed E-state index contributed by atoms with van der Waals surface area (Å²) in [7, 11) is 0. The zero-order valence-corrected chi connectivity index (χ0v) is 11.9. The van der Waals surface area contributed by atoms with Crippen molar-refractivity contribution in [3.63, 3.8) is 0 Å². The van der Waals surface area contributed by atoms with Crippen LogP contribution in [-0.2, 0) is 11.2 Å². The Balaban J connectivity index is 2.63. The van der Waals surface area contributed by atoms with Crippen LogP contribution >= 0.6 is 11.6 Å². The number of halogens is 1. The van der Waals surface area contributed by atoms with Crippen molar-refractivity contribution in [2.75, 3.05) is 6.61 Å². The molecule has 0 heterocycles. The van der Waals surface area contributed by atoms with Gasteiger partial charge in [0.05, 0.1) is 11.6 Å². The Kier molecular flexibility index (Phi) is 6.81. The van der Waals surface area contributed by atoms with Gasteiger partial charge in [-0.1, -0.05) is 44.4 Å². The number of benzene rings is 1. The summed E-state index contributed by atoms with van der Waals surface area (Å²) < 4.78 is 5.43. The molecule has 0 aliphatic rings. The SMILES string of the molecule is CCC(CC)Cc1ccc(OCCC=O)c(Cl)c1. The summed E-state index contributed by atoms with van der Waals surface area (Å²) in [4.78, 5) is 10.2. The first kappa shape index (κ1) is 15.0. The number of carbonyl (C=O) groups excluding carboxylic acids is 1. The zero-order chi connectivity index (χ0) is 13.4. The molecule has 18 heavy (non-hydrogen) atoms. The molecular weight excluding hydrogens is 248 g/mol. The minimum atomic E-state index is 0.384. The fourth-order valence-corrected chi connectivity index (χ4v) is 2.17. The van der Waals surface area contributed by atoms with Crippen LogP contribution < -0.4 is 4.74 Å². The van der Waals surface area contributed by atoms with Gasteiger partial charge in [0.2, 0.25) is 0 Å². The summed E-state index contributed by atoms with van der Waals surface area (Å²) in [5.41, 5.74) is 1.25. The Bertz CT molecular complexity index is 373. The molecule has 3 heteroatoms. The number of hydrogen-bond donors (Lipinski definition) is 0. The quantitative estimate of drug-likeness (QED) is 0.519. The first-order chi connectivity index (χ1) is 8.71. The van der Waals surface area contributed by atoms with Crippen molar-refractivity contribution in [3.05, 3.63) is 28.8 Å². The van der Waals surface area contributed by atoms with E-state index in [-0.39, 0.29) is 0 Å².